The molecule has 2 heterocycles. The van der Waals surface area contributed by atoms with E-state index < -0.39 is 0 Å². The van der Waals surface area contributed by atoms with Crippen molar-refractivity contribution in [3.8, 4) is 0 Å². The van der Waals surface area contributed by atoms with Gasteiger partial charge in [0, 0.05) is 19.6 Å². The molecule has 6 heteroatoms. The Bertz CT molecular complexity index is 382. The van der Waals surface area contributed by atoms with Crippen LogP contribution >= 0.6 is 0 Å². The SMILES string of the molecule is CNCC1CN(c2nnc(C)c(C)n2)CCO1. The van der Waals surface area contributed by atoms with Crippen molar-refractivity contribution in [3.63, 3.8) is 0 Å². The highest BCUT2D eigenvalue weighted by molar-refractivity contribution is 5.30. The first-order valence-electron chi connectivity index (χ1n) is 5.89. The van der Waals surface area contributed by atoms with Crippen LogP contribution in [0.1, 0.15) is 11.4 Å². The molecule has 1 saturated heterocycles. The number of ether oxygens (including phenoxy) is 1. The normalized spacial score (nSPS) is 20.6. The lowest BCUT2D eigenvalue weighted by Gasteiger charge is -2.32. The van der Waals surface area contributed by atoms with Crippen LogP contribution in [-0.2, 0) is 4.74 Å². The van der Waals surface area contributed by atoms with Crippen molar-refractivity contribution in [2.75, 3.05) is 38.2 Å². The Morgan fingerprint density at radius 3 is 2.88 bits per heavy atom. The first-order valence-corrected chi connectivity index (χ1v) is 5.89. The summed E-state index contributed by atoms with van der Waals surface area (Å²) in [7, 11) is 1.93. The summed E-state index contributed by atoms with van der Waals surface area (Å²) in [5.74, 6) is 0.706. The highest BCUT2D eigenvalue weighted by Gasteiger charge is 2.22. The van der Waals surface area contributed by atoms with Crippen molar-refractivity contribution in [1.82, 2.24) is 20.5 Å². The second kappa shape index (κ2) is 5.37. The van der Waals surface area contributed by atoms with Crippen molar-refractivity contribution < 1.29 is 4.74 Å². The largest absolute Gasteiger partial charge is 0.373 e. The first-order chi connectivity index (χ1) is 8.20. The maximum Gasteiger partial charge on any atom is 0.245 e. The molecule has 2 rings (SSSR count). The molecule has 1 N–H and O–H groups in total. The average Bonchev–Trinajstić information content (AvgIpc) is 2.33. The van der Waals surface area contributed by atoms with Crippen molar-refractivity contribution in [1.29, 1.82) is 0 Å². The minimum atomic E-state index is 0.193. The van der Waals surface area contributed by atoms with Crippen LogP contribution in [0.15, 0.2) is 0 Å². The Kier molecular flexibility index (Phi) is 3.86. The predicted octanol–water partition coefficient (Wildman–Crippen LogP) is -0.0870. The first kappa shape index (κ1) is 12.2. The standard InChI is InChI=1S/C11H19N5O/c1-8-9(2)14-15-11(13-8)16-4-5-17-10(7-16)6-12-3/h10,12H,4-7H2,1-3H3. The van der Waals surface area contributed by atoms with Gasteiger partial charge in [0.15, 0.2) is 0 Å². The van der Waals surface area contributed by atoms with E-state index in [1.54, 1.807) is 0 Å². The fourth-order valence-corrected chi connectivity index (χ4v) is 1.83. The van der Waals surface area contributed by atoms with Crippen LogP contribution in [0.3, 0.4) is 0 Å². The van der Waals surface area contributed by atoms with Gasteiger partial charge < -0.3 is 15.0 Å². The maximum absolute atomic E-state index is 5.64. The molecule has 1 aromatic rings. The molecule has 1 aromatic heterocycles. The van der Waals surface area contributed by atoms with Gasteiger partial charge in [-0.2, -0.15) is 5.10 Å². The van der Waals surface area contributed by atoms with Gasteiger partial charge in [-0.15, -0.1) is 5.10 Å². The minimum Gasteiger partial charge on any atom is -0.373 e. The van der Waals surface area contributed by atoms with E-state index in [1.165, 1.54) is 0 Å². The van der Waals surface area contributed by atoms with E-state index in [9.17, 15) is 0 Å². The molecule has 6 nitrogen and oxygen atoms in total. The zero-order valence-corrected chi connectivity index (χ0v) is 10.6. The van der Waals surface area contributed by atoms with Crippen LogP contribution in [0.2, 0.25) is 0 Å². The van der Waals surface area contributed by atoms with E-state index in [4.69, 9.17) is 4.74 Å². The molecule has 0 aromatic carbocycles. The minimum absolute atomic E-state index is 0.193. The molecule has 1 aliphatic heterocycles. The van der Waals surface area contributed by atoms with E-state index in [0.29, 0.717) is 12.6 Å². The molecule has 0 radical (unpaired) electrons. The van der Waals surface area contributed by atoms with E-state index in [2.05, 4.69) is 25.4 Å². The zero-order valence-electron chi connectivity index (χ0n) is 10.6. The molecule has 0 amide bonds. The Balaban J connectivity index is 2.08. The van der Waals surface area contributed by atoms with E-state index in [1.807, 2.05) is 20.9 Å². The molecule has 0 saturated carbocycles. The van der Waals surface area contributed by atoms with Crippen LogP contribution in [0.5, 0.6) is 0 Å². The van der Waals surface area contributed by atoms with Gasteiger partial charge in [0.2, 0.25) is 5.95 Å². The maximum atomic E-state index is 5.64. The van der Waals surface area contributed by atoms with Gasteiger partial charge in [-0.3, -0.25) is 0 Å². The topological polar surface area (TPSA) is 63.2 Å². The van der Waals surface area contributed by atoms with Crippen LogP contribution in [0.4, 0.5) is 5.95 Å². The van der Waals surface area contributed by atoms with Crippen LogP contribution in [0.25, 0.3) is 0 Å². The molecule has 1 unspecified atom stereocenters. The summed E-state index contributed by atoms with van der Waals surface area (Å²) in [4.78, 5) is 6.60. The third kappa shape index (κ3) is 2.89. The Labute approximate surface area is 101 Å². The average molecular weight is 237 g/mol. The molecule has 1 fully saturated rings. The van der Waals surface area contributed by atoms with Gasteiger partial charge in [-0.25, -0.2) is 4.98 Å². The van der Waals surface area contributed by atoms with Crippen molar-refractivity contribution in [2.45, 2.75) is 20.0 Å². The lowest BCUT2D eigenvalue weighted by Crippen LogP contribution is -2.47. The predicted molar refractivity (Wildman–Crippen MR) is 65.2 cm³/mol. The Morgan fingerprint density at radius 1 is 1.35 bits per heavy atom. The molecule has 1 aliphatic rings. The molecule has 0 bridgehead atoms. The number of nitrogens with zero attached hydrogens (tertiary/aromatic N) is 4. The molecule has 1 atom stereocenters. The number of likely N-dealkylation sites (N-methyl/N-ethyl adjacent to an activating group) is 1. The van der Waals surface area contributed by atoms with E-state index >= 15 is 0 Å². The zero-order chi connectivity index (χ0) is 12.3. The number of aromatic nitrogens is 3. The number of rotatable bonds is 3. The summed E-state index contributed by atoms with van der Waals surface area (Å²) < 4.78 is 5.64. The summed E-state index contributed by atoms with van der Waals surface area (Å²) >= 11 is 0. The van der Waals surface area contributed by atoms with Crippen molar-refractivity contribution in [2.24, 2.45) is 0 Å². The molecular formula is C11H19N5O. The Morgan fingerprint density at radius 2 is 2.18 bits per heavy atom. The molecule has 17 heavy (non-hydrogen) atoms. The summed E-state index contributed by atoms with van der Waals surface area (Å²) in [6, 6.07) is 0. The summed E-state index contributed by atoms with van der Waals surface area (Å²) in [6.07, 6.45) is 0.193. The molecule has 0 spiro atoms. The number of hydrogen-bond donors (Lipinski definition) is 1. The van der Waals surface area contributed by atoms with E-state index in [-0.39, 0.29) is 6.10 Å². The molecule has 94 valence electrons. The number of morpholine rings is 1. The van der Waals surface area contributed by atoms with Gasteiger partial charge in [0.25, 0.3) is 0 Å². The lowest BCUT2D eigenvalue weighted by molar-refractivity contribution is 0.0415. The third-order valence-electron chi connectivity index (χ3n) is 2.93. The fraction of sp³-hybridized carbons (Fsp3) is 0.727. The van der Waals surface area contributed by atoms with Gasteiger partial charge in [0.05, 0.1) is 24.1 Å². The number of aryl methyl sites for hydroxylation is 2. The van der Waals surface area contributed by atoms with Crippen LogP contribution in [-0.4, -0.2) is 54.6 Å². The monoisotopic (exact) mass is 237 g/mol. The smallest absolute Gasteiger partial charge is 0.245 e. The highest BCUT2D eigenvalue weighted by Crippen LogP contribution is 2.12. The highest BCUT2D eigenvalue weighted by atomic mass is 16.5. The quantitative estimate of drug-likeness (QED) is 0.793. The Hall–Kier alpha value is -1.27. The summed E-state index contributed by atoms with van der Waals surface area (Å²) in [6.45, 7) is 7.06. The van der Waals surface area contributed by atoms with Crippen LogP contribution in [0, 0.1) is 13.8 Å². The number of anilines is 1. The van der Waals surface area contributed by atoms with Gasteiger partial charge in [0.1, 0.15) is 0 Å². The van der Waals surface area contributed by atoms with Gasteiger partial charge in [-0.05, 0) is 20.9 Å². The van der Waals surface area contributed by atoms with E-state index in [0.717, 1.165) is 31.0 Å². The van der Waals surface area contributed by atoms with Gasteiger partial charge in [-0.1, -0.05) is 0 Å². The summed E-state index contributed by atoms with van der Waals surface area (Å²) in [5, 5.41) is 11.4. The molecular weight excluding hydrogens is 218 g/mol. The number of nitrogens with one attached hydrogen (secondary N) is 1. The van der Waals surface area contributed by atoms with Gasteiger partial charge >= 0.3 is 0 Å². The number of hydrogen-bond acceptors (Lipinski definition) is 6. The second-order valence-corrected chi connectivity index (χ2v) is 4.28. The lowest BCUT2D eigenvalue weighted by atomic mass is 10.3. The third-order valence-corrected chi connectivity index (χ3v) is 2.93. The second-order valence-electron chi connectivity index (χ2n) is 4.28. The summed E-state index contributed by atoms with van der Waals surface area (Å²) in [5.41, 5.74) is 1.82. The fourth-order valence-electron chi connectivity index (χ4n) is 1.83. The van der Waals surface area contributed by atoms with Crippen molar-refractivity contribution >= 4 is 5.95 Å². The van der Waals surface area contributed by atoms with Crippen molar-refractivity contribution in [3.05, 3.63) is 11.4 Å². The molecule has 0 aliphatic carbocycles. The van der Waals surface area contributed by atoms with Crippen LogP contribution < -0.4 is 10.2 Å².